The smallest absolute Gasteiger partial charge is 0.243 e. The number of nitrogens with one attached hydrogen (secondary N) is 1. The first-order valence-corrected chi connectivity index (χ1v) is 10.5. The van der Waals surface area contributed by atoms with E-state index in [4.69, 9.17) is 4.74 Å². The summed E-state index contributed by atoms with van der Waals surface area (Å²) in [5, 5.41) is 3.53. The zero-order chi connectivity index (χ0) is 20.4. The number of hydrogen-bond acceptors (Lipinski definition) is 4. The third-order valence-electron chi connectivity index (χ3n) is 6.09. The monoisotopic (exact) mass is 393 g/mol. The molecule has 0 spiro atoms. The van der Waals surface area contributed by atoms with E-state index in [0.717, 1.165) is 30.8 Å². The van der Waals surface area contributed by atoms with Crippen LogP contribution < -0.4 is 15.0 Å². The van der Waals surface area contributed by atoms with Crippen molar-refractivity contribution in [3.05, 3.63) is 59.7 Å². The van der Waals surface area contributed by atoms with Crippen LogP contribution >= 0.6 is 0 Å². The van der Waals surface area contributed by atoms with E-state index in [2.05, 4.69) is 46.6 Å². The van der Waals surface area contributed by atoms with Crippen LogP contribution in [0.1, 0.15) is 44.0 Å². The lowest BCUT2D eigenvalue weighted by Gasteiger charge is -2.25. The Hall–Kier alpha value is -2.53. The van der Waals surface area contributed by atoms with Gasteiger partial charge in [0.1, 0.15) is 11.9 Å². The molecule has 1 amide bonds. The molecule has 2 aliphatic rings. The van der Waals surface area contributed by atoms with Crippen LogP contribution in [0.4, 0.5) is 5.69 Å². The Morgan fingerprint density at radius 1 is 1.03 bits per heavy atom. The number of methoxy groups -OCH3 is 1. The maximum Gasteiger partial charge on any atom is 0.243 e. The summed E-state index contributed by atoms with van der Waals surface area (Å²) in [6.07, 6.45) is 3.26. The first-order chi connectivity index (χ1) is 14.0. The number of nitrogens with zero attached hydrogens (tertiary/aromatic N) is 2. The number of rotatable bonds is 6. The maximum absolute atomic E-state index is 13.0. The molecule has 2 saturated heterocycles. The van der Waals surface area contributed by atoms with Crippen molar-refractivity contribution in [1.29, 1.82) is 0 Å². The van der Waals surface area contributed by atoms with Gasteiger partial charge >= 0.3 is 0 Å². The third kappa shape index (κ3) is 4.10. The molecule has 0 aliphatic carbocycles. The van der Waals surface area contributed by atoms with E-state index in [1.807, 2.05) is 30.9 Å². The summed E-state index contributed by atoms with van der Waals surface area (Å²) >= 11 is 0. The van der Waals surface area contributed by atoms with Gasteiger partial charge in [0.15, 0.2) is 0 Å². The van der Waals surface area contributed by atoms with Gasteiger partial charge < -0.3 is 14.5 Å². The van der Waals surface area contributed by atoms with Crippen LogP contribution in [0.3, 0.4) is 0 Å². The summed E-state index contributed by atoms with van der Waals surface area (Å²) in [6.45, 7) is 6.89. The van der Waals surface area contributed by atoms with E-state index in [9.17, 15) is 4.79 Å². The van der Waals surface area contributed by atoms with E-state index in [0.29, 0.717) is 6.54 Å². The molecular formula is C24H31N3O2. The van der Waals surface area contributed by atoms with Gasteiger partial charge in [-0.3, -0.25) is 10.1 Å². The Kier molecular flexibility index (Phi) is 5.50. The van der Waals surface area contributed by atoms with Gasteiger partial charge in [0, 0.05) is 25.3 Å². The highest BCUT2D eigenvalue weighted by atomic mass is 16.5. The normalized spacial score (nSPS) is 21.1. The zero-order valence-corrected chi connectivity index (χ0v) is 17.6. The molecule has 0 radical (unpaired) electrons. The Bertz CT molecular complexity index is 839. The van der Waals surface area contributed by atoms with Gasteiger partial charge in [-0.2, -0.15) is 0 Å². The maximum atomic E-state index is 13.0. The predicted octanol–water partition coefficient (Wildman–Crippen LogP) is 3.75. The highest BCUT2D eigenvalue weighted by Crippen LogP contribution is 2.32. The average molecular weight is 394 g/mol. The number of carbonyl (C=O) groups is 1. The molecule has 0 saturated carbocycles. The van der Waals surface area contributed by atoms with E-state index < -0.39 is 5.54 Å². The van der Waals surface area contributed by atoms with E-state index in [1.165, 1.54) is 24.1 Å². The molecule has 2 aromatic rings. The first-order valence-electron chi connectivity index (χ1n) is 10.5. The minimum Gasteiger partial charge on any atom is -0.497 e. The first kappa shape index (κ1) is 19.8. The predicted molar refractivity (Wildman–Crippen MR) is 116 cm³/mol. The van der Waals surface area contributed by atoms with Crippen molar-refractivity contribution < 1.29 is 9.53 Å². The summed E-state index contributed by atoms with van der Waals surface area (Å²) in [7, 11) is 1.67. The number of amides is 1. The summed E-state index contributed by atoms with van der Waals surface area (Å²) in [5.74, 6) is 1.00. The summed E-state index contributed by atoms with van der Waals surface area (Å²) < 4.78 is 5.23. The number of benzene rings is 2. The van der Waals surface area contributed by atoms with Crippen LogP contribution in [0.2, 0.25) is 0 Å². The highest BCUT2D eigenvalue weighted by molar-refractivity contribution is 5.88. The van der Waals surface area contributed by atoms with Crippen LogP contribution in [-0.2, 0) is 11.2 Å². The minimum absolute atomic E-state index is 0.0941. The summed E-state index contributed by atoms with van der Waals surface area (Å²) in [6, 6.07) is 16.8. The van der Waals surface area contributed by atoms with Crippen LogP contribution in [-0.4, -0.2) is 43.1 Å². The second kappa shape index (κ2) is 8.07. The Balaban J connectivity index is 1.49. The quantitative estimate of drug-likeness (QED) is 0.812. The van der Waals surface area contributed by atoms with Crippen molar-refractivity contribution in [3.8, 4) is 5.75 Å². The minimum atomic E-state index is -0.557. The molecule has 2 heterocycles. The molecule has 5 nitrogen and oxygen atoms in total. The van der Waals surface area contributed by atoms with Crippen molar-refractivity contribution in [2.24, 2.45) is 0 Å². The van der Waals surface area contributed by atoms with Crippen molar-refractivity contribution in [2.75, 3.05) is 31.6 Å². The standard InChI is InChI=1S/C24H31N3O2/c1-24(2)23(28)27(17-14-18-6-12-21(29-3)13-7-18)22(25-24)19-8-10-20(11-9-19)26-15-4-5-16-26/h6-13,22,25H,4-5,14-17H2,1-3H3. The van der Waals surface area contributed by atoms with Gasteiger partial charge in [-0.1, -0.05) is 24.3 Å². The fourth-order valence-corrected chi connectivity index (χ4v) is 4.34. The van der Waals surface area contributed by atoms with Gasteiger partial charge in [0.05, 0.1) is 12.6 Å². The van der Waals surface area contributed by atoms with Gasteiger partial charge in [-0.05, 0) is 68.5 Å². The van der Waals surface area contributed by atoms with Crippen LogP contribution in [0.5, 0.6) is 5.75 Å². The third-order valence-corrected chi connectivity index (χ3v) is 6.09. The molecule has 4 rings (SSSR count). The molecule has 2 fully saturated rings. The second-order valence-electron chi connectivity index (χ2n) is 8.55. The zero-order valence-electron chi connectivity index (χ0n) is 17.6. The Morgan fingerprint density at radius 2 is 1.69 bits per heavy atom. The highest BCUT2D eigenvalue weighted by Gasteiger charge is 2.44. The van der Waals surface area contributed by atoms with E-state index in [-0.39, 0.29) is 12.1 Å². The van der Waals surface area contributed by atoms with Crippen molar-refractivity contribution in [2.45, 2.75) is 44.8 Å². The summed E-state index contributed by atoms with van der Waals surface area (Å²) in [4.78, 5) is 17.5. The molecule has 154 valence electrons. The fourth-order valence-electron chi connectivity index (χ4n) is 4.34. The van der Waals surface area contributed by atoms with E-state index in [1.54, 1.807) is 7.11 Å². The van der Waals surface area contributed by atoms with E-state index >= 15 is 0 Å². The molecule has 29 heavy (non-hydrogen) atoms. The molecule has 1 unspecified atom stereocenters. The van der Waals surface area contributed by atoms with Gasteiger partial charge in [0.25, 0.3) is 0 Å². The number of anilines is 1. The molecule has 2 aromatic carbocycles. The number of hydrogen-bond donors (Lipinski definition) is 1. The van der Waals surface area contributed by atoms with Crippen LogP contribution in [0, 0.1) is 0 Å². The lowest BCUT2D eigenvalue weighted by atomic mass is 10.1. The molecule has 2 aliphatic heterocycles. The topological polar surface area (TPSA) is 44.8 Å². The fraction of sp³-hybridized carbons (Fsp3) is 0.458. The molecule has 5 heteroatoms. The number of ether oxygens (including phenoxy) is 1. The average Bonchev–Trinajstić information content (AvgIpc) is 3.35. The molecule has 0 bridgehead atoms. The lowest BCUT2D eigenvalue weighted by Crippen LogP contribution is -2.40. The van der Waals surface area contributed by atoms with Crippen LogP contribution in [0.25, 0.3) is 0 Å². The largest absolute Gasteiger partial charge is 0.497 e. The molecule has 1 atom stereocenters. The van der Waals surface area contributed by atoms with Crippen molar-refractivity contribution >= 4 is 11.6 Å². The lowest BCUT2D eigenvalue weighted by molar-refractivity contribution is -0.132. The van der Waals surface area contributed by atoms with Gasteiger partial charge in [-0.25, -0.2) is 0 Å². The molecular weight excluding hydrogens is 362 g/mol. The SMILES string of the molecule is COc1ccc(CCN2C(=O)C(C)(C)NC2c2ccc(N3CCCC3)cc2)cc1. The van der Waals surface area contributed by atoms with Gasteiger partial charge in [-0.15, -0.1) is 0 Å². The van der Waals surface area contributed by atoms with Gasteiger partial charge in [0.2, 0.25) is 5.91 Å². The Morgan fingerprint density at radius 3 is 2.31 bits per heavy atom. The second-order valence-corrected chi connectivity index (χ2v) is 8.55. The van der Waals surface area contributed by atoms with Crippen molar-refractivity contribution in [3.63, 3.8) is 0 Å². The van der Waals surface area contributed by atoms with Crippen LogP contribution in [0.15, 0.2) is 48.5 Å². The summed E-state index contributed by atoms with van der Waals surface area (Å²) in [5.41, 5.74) is 3.06. The number of carbonyl (C=O) groups excluding carboxylic acids is 1. The Labute approximate surface area is 173 Å². The molecule has 1 N–H and O–H groups in total. The van der Waals surface area contributed by atoms with Crippen molar-refractivity contribution in [1.82, 2.24) is 10.2 Å². The molecule has 0 aromatic heterocycles.